The molecule has 0 saturated heterocycles. The Morgan fingerprint density at radius 1 is 1.00 bits per heavy atom. The molecule has 0 amide bonds. The molecule has 0 aliphatic heterocycles. The molecule has 0 N–H and O–H groups in total. The number of hydrogen-bond acceptors (Lipinski definition) is 2. The highest BCUT2D eigenvalue weighted by Gasteiger charge is 2.03. The van der Waals surface area contributed by atoms with E-state index in [1.807, 2.05) is 42.5 Å². The molecule has 2 aromatic rings. The van der Waals surface area contributed by atoms with Crippen LogP contribution in [-0.4, -0.2) is 0 Å². The van der Waals surface area contributed by atoms with Gasteiger partial charge < -0.3 is 0 Å². The van der Waals surface area contributed by atoms with Gasteiger partial charge in [-0.25, -0.2) is 0 Å². The molecule has 0 fully saturated rings. The SMILES string of the molecule is S=Nc1ccc(-c2ccccc2)c(Cl)c1. The van der Waals surface area contributed by atoms with Gasteiger partial charge in [-0.3, -0.25) is 0 Å². The van der Waals surface area contributed by atoms with Crippen molar-refractivity contribution in [1.82, 2.24) is 0 Å². The van der Waals surface area contributed by atoms with Gasteiger partial charge >= 0.3 is 0 Å². The maximum atomic E-state index is 6.14. The van der Waals surface area contributed by atoms with E-state index in [0.29, 0.717) is 5.02 Å². The average molecular weight is 234 g/mol. The van der Waals surface area contributed by atoms with E-state index in [0.717, 1.165) is 16.8 Å². The largest absolute Gasteiger partial charge is 0.182 e. The molecule has 74 valence electrons. The van der Waals surface area contributed by atoms with E-state index in [9.17, 15) is 0 Å². The molecule has 2 aromatic carbocycles. The molecule has 0 aromatic heterocycles. The van der Waals surface area contributed by atoms with Crippen LogP contribution in [0, 0.1) is 0 Å². The van der Waals surface area contributed by atoms with Crippen molar-refractivity contribution in [2.75, 3.05) is 0 Å². The highest BCUT2D eigenvalue weighted by Crippen LogP contribution is 2.30. The summed E-state index contributed by atoms with van der Waals surface area (Å²) in [4.78, 5) is 0. The third kappa shape index (κ3) is 2.22. The molecule has 0 aliphatic rings. The van der Waals surface area contributed by atoms with E-state index in [-0.39, 0.29) is 0 Å². The topological polar surface area (TPSA) is 12.4 Å². The molecule has 0 bridgehead atoms. The number of benzene rings is 2. The van der Waals surface area contributed by atoms with Gasteiger partial charge in [-0.05, 0) is 17.7 Å². The summed E-state index contributed by atoms with van der Waals surface area (Å²) < 4.78 is 3.67. The Bertz CT molecular complexity index is 482. The van der Waals surface area contributed by atoms with Crippen molar-refractivity contribution in [2.45, 2.75) is 0 Å². The second kappa shape index (κ2) is 4.51. The van der Waals surface area contributed by atoms with Gasteiger partial charge in [-0.15, -0.1) is 0 Å². The fourth-order valence-electron chi connectivity index (χ4n) is 1.41. The smallest absolute Gasteiger partial charge is 0.0784 e. The lowest BCUT2D eigenvalue weighted by Crippen LogP contribution is -1.78. The molecule has 3 heteroatoms. The van der Waals surface area contributed by atoms with Gasteiger partial charge in [0.25, 0.3) is 0 Å². The highest BCUT2D eigenvalue weighted by molar-refractivity contribution is 7.47. The Balaban J connectivity index is 2.51. The lowest BCUT2D eigenvalue weighted by Gasteiger charge is -2.04. The zero-order valence-corrected chi connectivity index (χ0v) is 9.42. The summed E-state index contributed by atoms with van der Waals surface area (Å²) >= 11 is 10.7. The number of hydrogen-bond donors (Lipinski definition) is 0. The zero-order valence-electron chi connectivity index (χ0n) is 7.85. The maximum absolute atomic E-state index is 6.14. The van der Waals surface area contributed by atoms with Crippen molar-refractivity contribution in [3.8, 4) is 11.1 Å². The summed E-state index contributed by atoms with van der Waals surface area (Å²) in [7, 11) is 0. The third-order valence-corrected chi connectivity index (χ3v) is 2.67. The molecular weight excluding hydrogens is 226 g/mol. The molecule has 15 heavy (non-hydrogen) atoms. The van der Waals surface area contributed by atoms with E-state index in [4.69, 9.17) is 11.6 Å². The fourth-order valence-corrected chi connectivity index (χ4v) is 1.81. The standard InChI is InChI=1S/C12H8ClNS/c13-12-8-10(14-15)6-7-11(12)9-4-2-1-3-5-9/h1-8H. The van der Waals surface area contributed by atoms with Gasteiger partial charge in [0.05, 0.1) is 10.7 Å². The molecule has 1 nitrogen and oxygen atoms in total. The molecule has 0 aliphatic carbocycles. The average Bonchev–Trinajstić information content (AvgIpc) is 2.30. The first kappa shape index (κ1) is 10.3. The minimum atomic E-state index is 0.673. The first-order valence-electron chi connectivity index (χ1n) is 4.49. The van der Waals surface area contributed by atoms with Crippen LogP contribution in [0.25, 0.3) is 11.1 Å². The van der Waals surface area contributed by atoms with Gasteiger partial charge in [0, 0.05) is 18.0 Å². The zero-order chi connectivity index (χ0) is 10.7. The van der Waals surface area contributed by atoms with Gasteiger partial charge in [0.1, 0.15) is 0 Å². The predicted octanol–water partition coefficient (Wildman–Crippen LogP) is 4.37. The molecule has 0 unspecified atom stereocenters. The third-order valence-electron chi connectivity index (χ3n) is 2.14. The molecular formula is C12H8ClNS. The lowest BCUT2D eigenvalue weighted by molar-refractivity contribution is 1.55. The van der Waals surface area contributed by atoms with Crippen LogP contribution in [0.3, 0.4) is 0 Å². The fraction of sp³-hybridized carbons (Fsp3) is 0. The van der Waals surface area contributed by atoms with Crippen molar-refractivity contribution in [3.05, 3.63) is 53.6 Å². The number of nitrogens with zero attached hydrogens (tertiary/aromatic N) is 1. The quantitative estimate of drug-likeness (QED) is 0.750. The first-order chi connectivity index (χ1) is 7.31. The highest BCUT2D eigenvalue weighted by atomic mass is 35.5. The van der Waals surface area contributed by atoms with E-state index in [1.54, 1.807) is 6.07 Å². The Morgan fingerprint density at radius 2 is 1.73 bits per heavy atom. The van der Waals surface area contributed by atoms with Crippen molar-refractivity contribution >= 4 is 29.7 Å². The maximum Gasteiger partial charge on any atom is 0.0784 e. The summed E-state index contributed by atoms with van der Waals surface area (Å²) in [6.45, 7) is 0. The Hall–Kier alpha value is -1.25. The van der Waals surface area contributed by atoms with Gasteiger partial charge in [-0.1, -0.05) is 48.0 Å². The van der Waals surface area contributed by atoms with Crippen LogP contribution < -0.4 is 0 Å². The predicted molar refractivity (Wildman–Crippen MR) is 66.3 cm³/mol. The van der Waals surface area contributed by atoms with Crippen LogP contribution in [-0.2, 0) is 12.4 Å². The van der Waals surface area contributed by atoms with Crippen molar-refractivity contribution in [1.29, 1.82) is 0 Å². The van der Waals surface area contributed by atoms with Crippen molar-refractivity contribution in [2.24, 2.45) is 4.36 Å². The minimum Gasteiger partial charge on any atom is -0.182 e. The van der Waals surface area contributed by atoms with Crippen LogP contribution >= 0.6 is 11.6 Å². The second-order valence-electron chi connectivity index (χ2n) is 3.12. The van der Waals surface area contributed by atoms with E-state index in [1.165, 1.54) is 0 Å². The second-order valence-corrected chi connectivity index (χ2v) is 3.71. The Kier molecular flexibility index (Phi) is 3.09. The molecule has 0 atom stereocenters. The number of rotatable bonds is 2. The van der Waals surface area contributed by atoms with Crippen LogP contribution in [0.4, 0.5) is 5.69 Å². The molecule has 2 rings (SSSR count). The molecule has 0 saturated carbocycles. The van der Waals surface area contributed by atoms with E-state index < -0.39 is 0 Å². The normalized spacial score (nSPS) is 9.93. The Morgan fingerprint density at radius 3 is 2.33 bits per heavy atom. The van der Waals surface area contributed by atoms with Gasteiger partial charge in [0.2, 0.25) is 0 Å². The van der Waals surface area contributed by atoms with Crippen LogP contribution in [0.1, 0.15) is 0 Å². The van der Waals surface area contributed by atoms with Gasteiger partial charge in [0.15, 0.2) is 0 Å². The van der Waals surface area contributed by atoms with E-state index >= 15 is 0 Å². The molecule has 0 spiro atoms. The van der Waals surface area contributed by atoms with Crippen LogP contribution in [0.15, 0.2) is 52.9 Å². The number of halogens is 1. The van der Waals surface area contributed by atoms with Crippen LogP contribution in [0.2, 0.25) is 5.02 Å². The minimum absolute atomic E-state index is 0.673. The molecule has 0 heterocycles. The Labute approximate surface area is 98.9 Å². The summed E-state index contributed by atoms with van der Waals surface area (Å²) in [6.07, 6.45) is 0. The molecule has 0 radical (unpaired) electrons. The summed E-state index contributed by atoms with van der Waals surface area (Å²) in [6, 6.07) is 15.6. The summed E-state index contributed by atoms with van der Waals surface area (Å²) in [5.41, 5.74) is 2.81. The summed E-state index contributed by atoms with van der Waals surface area (Å²) in [5.74, 6) is 0. The van der Waals surface area contributed by atoms with Gasteiger partial charge in [-0.2, -0.15) is 4.36 Å². The summed E-state index contributed by atoms with van der Waals surface area (Å²) in [5, 5.41) is 0.673. The van der Waals surface area contributed by atoms with Crippen molar-refractivity contribution < 1.29 is 0 Å². The van der Waals surface area contributed by atoms with Crippen molar-refractivity contribution in [3.63, 3.8) is 0 Å². The first-order valence-corrected chi connectivity index (χ1v) is 5.24. The lowest BCUT2D eigenvalue weighted by atomic mass is 10.1. The van der Waals surface area contributed by atoms with Crippen LogP contribution in [0.5, 0.6) is 0 Å². The van der Waals surface area contributed by atoms with E-state index in [2.05, 4.69) is 16.8 Å². The monoisotopic (exact) mass is 233 g/mol.